The van der Waals surface area contributed by atoms with E-state index in [0.29, 0.717) is 22.4 Å². The van der Waals surface area contributed by atoms with Crippen molar-refractivity contribution < 1.29 is 17.9 Å². The highest BCUT2D eigenvalue weighted by Gasteiger charge is 2.27. The minimum absolute atomic E-state index is 0.0385. The van der Waals surface area contributed by atoms with Crippen LogP contribution in [0.3, 0.4) is 0 Å². The topological polar surface area (TPSA) is 77.5 Å². The highest BCUT2D eigenvalue weighted by Crippen LogP contribution is 2.29. The molecule has 0 saturated heterocycles. The van der Waals surface area contributed by atoms with E-state index >= 15 is 0 Å². The van der Waals surface area contributed by atoms with E-state index < -0.39 is 10.0 Å². The summed E-state index contributed by atoms with van der Waals surface area (Å²) < 4.78 is 39.5. The van der Waals surface area contributed by atoms with Crippen LogP contribution in [-0.4, -0.2) is 32.2 Å². The Kier molecular flexibility index (Phi) is 5.25. The van der Waals surface area contributed by atoms with Gasteiger partial charge in [0, 0.05) is 24.7 Å². The molecule has 0 radical (unpaired) electrons. The lowest BCUT2D eigenvalue weighted by atomic mass is 9.94. The minimum Gasteiger partial charge on any atom is -0.493 e. The molecule has 2 heterocycles. The van der Waals surface area contributed by atoms with Gasteiger partial charge < -0.3 is 9.47 Å². The number of hydrogen-bond acceptors (Lipinski definition) is 5. The van der Waals surface area contributed by atoms with Gasteiger partial charge in [0.15, 0.2) is 0 Å². The van der Waals surface area contributed by atoms with Crippen LogP contribution in [0.15, 0.2) is 41.4 Å². The number of ether oxygens (including phenoxy) is 2. The Hall–Kier alpha value is -1.83. The maximum atomic E-state index is 12.7. The zero-order valence-corrected chi connectivity index (χ0v) is 16.3. The smallest absolute Gasteiger partial charge is 0.240 e. The van der Waals surface area contributed by atoms with Crippen LogP contribution in [0.1, 0.15) is 31.2 Å². The predicted octanol–water partition coefficient (Wildman–Crippen LogP) is 3.34. The molecule has 1 aromatic heterocycles. The van der Waals surface area contributed by atoms with Gasteiger partial charge in [-0.25, -0.2) is 18.1 Å². The normalized spacial score (nSPS) is 22.1. The zero-order chi connectivity index (χ0) is 18.9. The summed E-state index contributed by atoms with van der Waals surface area (Å²) in [6.45, 7) is 0.610. The standard InChI is InChI=1S/C19H21ClN2O4S/c20-14-1-8-19(21-12-14)26-16-4-2-15(3-5-16)22-27(23,24)17-6-7-18-13(11-17)9-10-25-18/h1,6-8,11-12,15-16,22H,2-5,9-10H2. The van der Waals surface area contributed by atoms with Crippen LogP contribution in [0.5, 0.6) is 11.6 Å². The quantitative estimate of drug-likeness (QED) is 0.820. The first kappa shape index (κ1) is 18.5. The first-order chi connectivity index (χ1) is 13.0. The van der Waals surface area contributed by atoms with Crippen LogP contribution in [0.4, 0.5) is 0 Å². The van der Waals surface area contributed by atoms with Crippen molar-refractivity contribution in [2.24, 2.45) is 0 Å². The molecule has 0 atom stereocenters. The van der Waals surface area contributed by atoms with Gasteiger partial charge in [-0.15, -0.1) is 0 Å². The average Bonchev–Trinajstić information content (AvgIpc) is 3.13. The average molecular weight is 409 g/mol. The number of pyridine rings is 1. The number of halogens is 1. The Bertz CT molecular complexity index is 910. The van der Waals surface area contributed by atoms with E-state index in [9.17, 15) is 8.42 Å². The van der Waals surface area contributed by atoms with E-state index in [1.165, 1.54) is 0 Å². The largest absolute Gasteiger partial charge is 0.493 e. The van der Waals surface area contributed by atoms with E-state index in [1.54, 1.807) is 36.5 Å². The molecule has 1 aliphatic carbocycles. The second-order valence-corrected chi connectivity index (χ2v) is 9.05. The molecule has 0 unspecified atom stereocenters. The molecule has 8 heteroatoms. The monoisotopic (exact) mass is 408 g/mol. The molecule has 27 heavy (non-hydrogen) atoms. The summed E-state index contributed by atoms with van der Waals surface area (Å²) in [5.41, 5.74) is 0.949. The third-order valence-corrected chi connectivity index (χ3v) is 6.70. The van der Waals surface area contributed by atoms with Crippen molar-refractivity contribution in [1.82, 2.24) is 9.71 Å². The molecular weight excluding hydrogens is 388 g/mol. The fourth-order valence-corrected chi connectivity index (χ4v) is 4.99. The van der Waals surface area contributed by atoms with Crippen molar-refractivity contribution >= 4 is 21.6 Å². The van der Waals surface area contributed by atoms with Gasteiger partial charge in [0.25, 0.3) is 0 Å². The molecule has 144 valence electrons. The summed E-state index contributed by atoms with van der Waals surface area (Å²) in [6, 6.07) is 8.46. The Morgan fingerprint density at radius 2 is 1.96 bits per heavy atom. The van der Waals surface area contributed by atoms with Gasteiger partial charge in [-0.2, -0.15) is 0 Å². The molecule has 1 aliphatic heterocycles. The van der Waals surface area contributed by atoms with Crippen LogP contribution < -0.4 is 14.2 Å². The summed E-state index contributed by atoms with van der Waals surface area (Å²) in [5.74, 6) is 1.33. The Morgan fingerprint density at radius 3 is 2.70 bits per heavy atom. The van der Waals surface area contributed by atoms with E-state index in [0.717, 1.165) is 43.4 Å². The molecule has 0 bridgehead atoms. The van der Waals surface area contributed by atoms with Gasteiger partial charge in [0.05, 0.1) is 16.5 Å². The molecule has 0 amide bonds. The number of rotatable bonds is 5. The van der Waals surface area contributed by atoms with Crippen molar-refractivity contribution in [2.75, 3.05) is 6.61 Å². The molecule has 1 aromatic carbocycles. The van der Waals surface area contributed by atoms with Gasteiger partial charge in [-0.3, -0.25) is 0 Å². The van der Waals surface area contributed by atoms with Crippen LogP contribution in [0.2, 0.25) is 5.02 Å². The highest BCUT2D eigenvalue weighted by atomic mass is 35.5. The summed E-state index contributed by atoms with van der Waals surface area (Å²) in [4.78, 5) is 4.44. The SMILES string of the molecule is O=S(=O)(NC1CCC(Oc2ccc(Cl)cn2)CC1)c1ccc2c(c1)CCO2. The maximum Gasteiger partial charge on any atom is 0.240 e. The fraction of sp³-hybridized carbons (Fsp3) is 0.421. The van der Waals surface area contributed by atoms with Crippen molar-refractivity contribution in [2.45, 2.75) is 49.1 Å². The number of hydrogen-bond donors (Lipinski definition) is 1. The second kappa shape index (κ2) is 7.66. The van der Waals surface area contributed by atoms with E-state index in [4.69, 9.17) is 21.1 Å². The lowest BCUT2D eigenvalue weighted by Gasteiger charge is -2.29. The van der Waals surface area contributed by atoms with Crippen molar-refractivity contribution in [3.8, 4) is 11.6 Å². The van der Waals surface area contributed by atoms with Crippen molar-refractivity contribution in [3.05, 3.63) is 47.1 Å². The second-order valence-electron chi connectivity index (χ2n) is 6.90. The molecule has 1 saturated carbocycles. The zero-order valence-electron chi connectivity index (χ0n) is 14.7. The van der Waals surface area contributed by atoms with Crippen LogP contribution in [0, 0.1) is 0 Å². The predicted molar refractivity (Wildman–Crippen MR) is 102 cm³/mol. The number of sulfonamides is 1. The van der Waals surface area contributed by atoms with Crippen molar-refractivity contribution in [1.29, 1.82) is 0 Å². The molecule has 1 fully saturated rings. The van der Waals surface area contributed by atoms with Crippen LogP contribution in [0.25, 0.3) is 0 Å². The summed E-state index contributed by atoms with van der Waals surface area (Å²) >= 11 is 5.83. The third kappa shape index (κ3) is 4.36. The van der Waals surface area contributed by atoms with Gasteiger partial charge in [0.2, 0.25) is 15.9 Å². The molecule has 2 aromatic rings. The molecule has 4 rings (SSSR count). The molecule has 1 N–H and O–H groups in total. The lowest BCUT2D eigenvalue weighted by Crippen LogP contribution is -2.39. The number of nitrogens with zero attached hydrogens (tertiary/aromatic N) is 1. The first-order valence-corrected chi connectivity index (χ1v) is 10.9. The van der Waals surface area contributed by atoms with Gasteiger partial charge >= 0.3 is 0 Å². The lowest BCUT2D eigenvalue weighted by molar-refractivity contribution is 0.138. The third-order valence-electron chi connectivity index (χ3n) is 4.95. The van der Waals surface area contributed by atoms with Crippen LogP contribution in [-0.2, 0) is 16.4 Å². The Labute approximate surface area is 163 Å². The maximum absolute atomic E-state index is 12.7. The van der Waals surface area contributed by atoms with Crippen molar-refractivity contribution in [3.63, 3.8) is 0 Å². The van der Waals surface area contributed by atoms with Crippen LogP contribution >= 0.6 is 11.6 Å². The Morgan fingerprint density at radius 1 is 1.15 bits per heavy atom. The highest BCUT2D eigenvalue weighted by molar-refractivity contribution is 7.89. The minimum atomic E-state index is -3.54. The number of benzene rings is 1. The first-order valence-electron chi connectivity index (χ1n) is 9.06. The number of nitrogens with one attached hydrogen (secondary N) is 1. The Balaban J connectivity index is 1.33. The van der Waals surface area contributed by atoms with Gasteiger partial charge in [-0.05, 0) is 55.5 Å². The van der Waals surface area contributed by atoms with E-state index in [2.05, 4.69) is 9.71 Å². The molecule has 6 nitrogen and oxygen atoms in total. The van der Waals surface area contributed by atoms with Gasteiger partial charge in [-0.1, -0.05) is 11.6 Å². The number of aromatic nitrogens is 1. The number of fused-ring (bicyclic) bond motifs is 1. The molecule has 2 aliphatic rings. The van der Waals surface area contributed by atoms with E-state index in [1.807, 2.05) is 0 Å². The van der Waals surface area contributed by atoms with Gasteiger partial charge in [0.1, 0.15) is 11.9 Å². The van der Waals surface area contributed by atoms with E-state index in [-0.39, 0.29) is 12.1 Å². The summed E-state index contributed by atoms with van der Waals surface area (Å²) in [5, 5.41) is 0.568. The fourth-order valence-electron chi connectivity index (χ4n) is 3.52. The summed E-state index contributed by atoms with van der Waals surface area (Å²) in [7, 11) is -3.54. The molecular formula is C19H21ClN2O4S. The summed E-state index contributed by atoms with van der Waals surface area (Å²) in [6.07, 6.45) is 5.34. The molecule has 0 spiro atoms.